The third-order valence-electron chi connectivity index (χ3n) is 31.4. The Morgan fingerprint density at radius 1 is 0.167 bits per heavy atom. The van der Waals surface area contributed by atoms with E-state index in [0.29, 0.717) is 23.4 Å². The molecule has 0 bridgehead atoms. The van der Waals surface area contributed by atoms with E-state index in [1.165, 1.54) is 137 Å². The first-order valence-corrected chi connectivity index (χ1v) is 50.8. The standard InChI is InChI=1S/C53H30N4O.2C42H23N3O/c1-2-12-33(13-3-1)51-54-52(56-53(55-51)36-22-21-31-11-4-5-14-35(31)29-36)34-23-26-37(27-24-34)57-42-28-25-32-15-10-19-39-38-16-6-7-17-40(38)48-47-41-18-8-9-20-44(41)58-45(47)30-43(57)50(48)49(42)46(32)39;1-2-11-25(12-3-1)41-42(44-31-19-8-7-18-30(31)43-41)45-32-22-21-24-13-10-17-27-26-14-4-5-15-28(26)38-37-29-16-6-9-20-34(29)46-35(37)23-33(45)40(38)39(32)36(24)27;1-2-11-25(12-3-1)41-29-16-6-8-19-31(29)43-42(44-41)45-32-22-21-24-13-10-18-27-26-14-4-5-15-28(26)38-37-30-17-7-9-20-34(30)46-35(37)23-33(45)40(38)39(32)36(24)27/h1-30H;2*1-23H. The molecule has 0 N–H and O–H groups in total. The lowest BCUT2D eigenvalue weighted by molar-refractivity contribution is 0.669. The summed E-state index contributed by atoms with van der Waals surface area (Å²) < 4.78 is 27.0. The van der Waals surface area contributed by atoms with Crippen LogP contribution in [0.3, 0.4) is 0 Å². The molecule has 0 saturated heterocycles. The second-order valence-electron chi connectivity index (χ2n) is 39.4. The van der Waals surface area contributed by atoms with Crippen LogP contribution in [0.2, 0.25) is 0 Å². The van der Waals surface area contributed by atoms with Crippen LogP contribution >= 0.6 is 0 Å². The molecule has 0 unspecified atom stereocenters. The van der Waals surface area contributed by atoms with Crippen molar-refractivity contribution in [1.82, 2.24) is 48.6 Å². The van der Waals surface area contributed by atoms with Crippen molar-refractivity contribution in [2.45, 2.75) is 0 Å². The van der Waals surface area contributed by atoms with Gasteiger partial charge in [-0.05, 0) is 178 Å². The minimum atomic E-state index is 0.624. The topological polar surface area (TPSA) is 144 Å². The third kappa shape index (κ3) is 11.9. The van der Waals surface area contributed by atoms with Crippen LogP contribution in [-0.4, -0.2) is 48.6 Å². The lowest BCUT2D eigenvalue weighted by atomic mass is 9.91. The molecule has 0 atom stereocenters. The maximum atomic E-state index is 6.69. The fraction of sp³-hybridized carbons (Fsp3) is 0. The van der Waals surface area contributed by atoms with Crippen LogP contribution in [0.1, 0.15) is 0 Å². The van der Waals surface area contributed by atoms with Crippen LogP contribution in [0, 0.1) is 0 Å². The highest BCUT2D eigenvalue weighted by molar-refractivity contribution is 6.40. The number of para-hydroxylation sites is 6. The molecule has 13 nitrogen and oxygen atoms in total. The third-order valence-corrected chi connectivity index (χ3v) is 31.4. The lowest BCUT2D eigenvalue weighted by Gasteiger charge is -2.16. The second-order valence-corrected chi connectivity index (χ2v) is 39.4. The predicted octanol–water partition coefficient (Wildman–Crippen LogP) is 36.0. The van der Waals surface area contributed by atoms with Gasteiger partial charge in [-0.15, -0.1) is 0 Å². The minimum Gasteiger partial charge on any atom is -0.456 e. The number of aromatic nitrogens is 10. The van der Waals surface area contributed by atoms with Gasteiger partial charge in [0, 0.05) is 138 Å². The Balaban J connectivity index is 0.0000000984. The molecule has 0 radical (unpaired) electrons. The molecule has 0 amide bonds. The molecule has 35 rings (SSSR count). The molecule has 0 fully saturated rings. The number of rotatable bonds is 8. The Labute approximate surface area is 854 Å². The molecular formula is C137H76N10O3. The summed E-state index contributed by atoms with van der Waals surface area (Å²) in [6, 6.07) is 163. The molecule has 150 heavy (non-hydrogen) atoms. The van der Waals surface area contributed by atoms with Gasteiger partial charge in [0.15, 0.2) is 23.3 Å². The monoisotopic (exact) mass is 1910 g/mol. The molecule has 0 aliphatic heterocycles. The molecule has 0 saturated carbocycles. The highest BCUT2D eigenvalue weighted by Crippen LogP contribution is 2.59. The zero-order chi connectivity index (χ0) is 97.8. The molecule has 3 aliphatic rings. The van der Waals surface area contributed by atoms with E-state index in [0.717, 1.165) is 177 Å². The van der Waals surface area contributed by atoms with Crippen LogP contribution in [-0.2, 0) is 0 Å². The Morgan fingerprint density at radius 2 is 0.513 bits per heavy atom. The van der Waals surface area contributed by atoms with Crippen molar-refractivity contribution in [3.05, 3.63) is 461 Å². The van der Waals surface area contributed by atoms with Gasteiger partial charge < -0.3 is 17.8 Å². The van der Waals surface area contributed by atoms with Crippen LogP contribution in [0.5, 0.6) is 0 Å². The van der Waals surface area contributed by atoms with E-state index in [-0.39, 0.29) is 0 Å². The van der Waals surface area contributed by atoms with Gasteiger partial charge in [0.2, 0.25) is 5.95 Å². The summed E-state index contributed by atoms with van der Waals surface area (Å²) >= 11 is 0. The van der Waals surface area contributed by atoms with Crippen LogP contribution in [0.25, 0.3) is 337 Å². The first kappa shape index (κ1) is 82.1. The fourth-order valence-electron chi connectivity index (χ4n) is 25.1. The molecule has 692 valence electrons. The maximum absolute atomic E-state index is 6.69. The van der Waals surface area contributed by atoms with E-state index in [9.17, 15) is 0 Å². The summed E-state index contributed by atoms with van der Waals surface area (Å²) in [7, 11) is 0. The smallest absolute Gasteiger partial charge is 0.235 e. The molecule has 32 aromatic rings. The van der Waals surface area contributed by atoms with Crippen molar-refractivity contribution in [2.75, 3.05) is 0 Å². The van der Waals surface area contributed by atoms with Crippen molar-refractivity contribution in [2.24, 2.45) is 0 Å². The average Bonchev–Trinajstić information content (AvgIpc) is 1.53. The van der Waals surface area contributed by atoms with Crippen molar-refractivity contribution in [3.63, 3.8) is 0 Å². The van der Waals surface area contributed by atoms with E-state index in [2.05, 4.69) is 384 Å². The molecule has 3 aliphatic carbocycles. The number of fused-ring (bicyclic) bond motifs is 24. The SMILES string of the molecule is c1ccc(-c2nc(-c3ccc(-n4c5cc6oc7ccccc7c6c6c5c5c7c(cccc7ccc54)-c4ccccc4-6)cc3)nc(-c3ccc4ccccc4c3)n2)cc1.c1ccc(-c2nc(-n3c4cc5oc6ccccc6c5c5c4c4c6c(cccc6ccc43)-c3ccccc3-5)nc3ccccc23)cc1.c1ccc(-c2nc3ccccc3nc2-n2c3cc4oc5ccccc5c4c4c3c3c5c(cccc5ccc32)-c2ccccc2-4)cc1. The van der Waals surface area contributed by atoms with Gasteiger partial charge in [-0.3, -0.25) is 9.13 Å². The lowest BCUT2D eigenvalue weighted by Crippen LogP contribution is -2.04. The highest BCUT2D eigenvalue weighted by Gasteiger charge is 2.36. The summed E-state index contributed by atoms with van der Waals surface area (Å²) in [6.07, 6.45) is 0. The van der Waals surface area contributed by atoms with Crippen LogP contribution in [0.4, 0.5) is 0 Å². The minimum absolute atomic E-state index is 0.624. The largest absolute Gasteiger partial charge is 0.456 e. The summed E-state index contributed by atoms with van der Waals surface area (Å²) in [5, 5.41) is 25.0. The van der Waals surface area contributed by atoms with Gasteiger partial charge in [0.25, 0.3) is 0 Å². The zero-order valence-corrected chi connectivity index (χ0v) is 80.1. The normalized spacial score (nSPS) is 12.3. The summed E-state index contributed by atoms with van der Waals surface area (Å²) in [4.78, 5) is 36.4. The summed E-state index contributed by atoms with van der Waals surface area (Å²) in [5.74, 6) is 3.35. The molecular weight excluding hydrogens is 1830 g/mol. The summed E-state index contributed by atoms with van der Waals surface area (Å²) in [6.45, 7) is 0. The molecule has 23 aromatic carbocycles. The van der Waals surface area contributed by atoms with Gasteiger partial charge in [-0.1, -0.05) is 358 Å². The number of hydrogen-bond acceptors (Lipinski definition) is 10. The van der Waals surface area contributed by atoms with E-state index in [4.69, 9.17) is 48.1 Å². The number of benzene rings is 23. The van der Waals surface area contributed by atoms with Crippen molar-refractivity contribution >= 4 is 196 Å². The zero-order valence-electron chi connectivity index (χ0n) is 80.1. The second kappa shape index (κ2) is 31.5. The van der Waals surface area contributed by atoms with Gasteiger partial charge in [0.05, 0.1) is 55.3 Å². The van der Waals surface area contributed by atoms with Crippen molar-refractivity contribution < 1.29 is 13.3 Å². The Morgan fingerprint density at radius 3 is 1.01 bits per heavy atom. The van der Waals surface area contributed by atoms with Crippen molar-refractivity contribution in [1.29, 1.82) is 0 Å². The van der Waals surface area contributed by atoms with E-state index >= 15 is 0 Å². The Kier molecular flexibility index (Phi) is 17.3. The Bertz CT molecular complexity index is 11500. The summed E-state index contributed by atoms with van der Waals surface area (Å²) in [5.41, 5.74) is 36.8. The van der Waals surface area contributed by atoms with Gasteiger partial charge >= 0.3 is 0 Å². The van der Waals surface area contributed by atoms with E-state index in [1.807, 2.05) is 91.0 Å². The fourth-order valence-corrected chi connectivity index (χ4v) is 25.1. The number of nitrogens with zero attached hydrogens (tertiary/aromatic N) is 10. The number of furan rings is 3. The van der Waals surface area contributed by atoms with Crippen LogP contribution in [0.15, 0.2) is 474 Å². The van der Waals surface area contributed by atoms with E-state index < -0.39 is 0 Å². The Hall–Kier alpha value is -20.4. The first-order chi connectivity index (χ1) is 74.4. The molecule has 9 heterocycles. The molecule has 0 spiro atoms. The van der Waals surface area contributed by atoms with Gasteiger partial charge in [0.1, 0.15) is 39.2 Å². The quantitative estimate of drug-likeness (QED) is 0.144. The average molecular weight is 1910 g/mol. The van der Waals surface area contributed by atoms with E-state index in [1.54, 1.807) is 0 Å². The van der Waals surface area contributed by atoms with Gasteiger partial charge in [-0.25, -0.2) is 34.9 Å². The molecule has 9 aromatic heterocycles. The highest BCUT2D eigenvalue weighted by atomic mass is 16.3. The van der Waals surface area contributed by atoms with Crippen LogP contribution < -0.4 is 0 Å². The molecule has 13 heteroatoms. The van der Waals surface area contributed by atoms with Gasteiger partial charge in [-0.2, -0.15) is 0 Å². The predicted molar refractivity (Wildman–Crippen MR) is 614 cm³/mol. The van der Waals surface area contributed by atoms with Crippen molar-refractivity contribution in [3.8, 4) is 141 Å². The number of hydrogen-bond donors (Lipinski definition) is 0. The first-order valence-electron chi connectivity index (χ1n) is 50.8. The maximum Gasteiger partial charge on any atom is 0.235 e.